The van der Waals surface area contributed by atoms with Gasteiger partial charge in [0.2, 0.25) is 0 Å². The predicted octanol–water partition coefficient (Wildman–Crippen LogP) is 5.56. The molecular weight excluding hydrogens is 482 g/mol. The summed E-state index contributed by atoms with van der Waals surface area (Å²) in [5, 5.41) is 0.509. The molecule has 7 nitrogen and oxygen atoms in total. The number of hydrogen-bond donors (Lipinski definition) is 0. The summed E-state index contributed by atoms with van der Waals surface area (Å²) in [6.07, 6.45) is 0.989. The van der Waals surface area contributed by atoms with E-state index in [-0.39, 0.29) is 16.9 Å². The van der Waals surface area contributed by atoms with Crippen LogP contribution >= 0.6 is 11.6 Å². The summed E-state index contributed by atoms with van der Waals surface area (Å²) in [7, 11) is 2.78. The smallest absolute Gasteiger partial charge is 0.343 e. The maximum absolute atomic E-state index is 13.3. The molecule has 0 fully saturated rings. The fourth-order valence-electron chi connectivity index (χ4n) is 4.94. The summed E-state index contributed by atoms with van der Waals surface area (Å²) >= 11 is 5.90. The number of carbonyl (C=O) groups excluding carboxylic acids is 3. The first-order valence-corrected chi connectivity index (χ1v) is 12.0. The number of aliphatic imine (C=N–C) groups is 1. The minimum absolute atomic E-state index is 0.0337. The van der Waals surface area contributed by atoms with Crippen LogP contribution in [0.4, 0.5) is 0 Å². The molecule has 36 heavy (non-hydrogen) atoms. The highest BCUT2D eigenvalue weighted by Gasteiger charge is 2.46. The largest absolute Gasteiger partial charge is 0.493 e. The van der Waals surface area contributed by atoms with Gasteiger partial charge < -0.3 is 14.2 Å². The molecule has 1 heterocycles. The van der Waals surface area contributed by atoms with Gasteiger partial charge in [-0.2, -0.15) is 0 Å². The van der Waals surface area contributed by atoms with Crippen molar-refractivity contribution in [2.75, 3.05) is 14.2 Å². The van der Waals surface area contributed by atoms with Crippen molar-refractivity contribution in [1.29, 1.82) is 0 Å². The van der Waals surface area contributed by atoms with Crippen molar-refractivity contribution in [3.8, 4) is 11.5 Å². The Kier molecular flexibility index (Phi) is 7.05. The van der Waals surface area contributed by atoms with Gasteiger partial charge in [0, 0.05) is 34.3 Å². The zero-order valence-electron chi connectivity index (χ0n) is 20.9. The van der Waals surface area contributed by atoms with Gasteiger partial charge in [-0.1, -0.05) is 31.5 Å². The minimum atomic E-state index is -0.758. The highest BCUT2D eigenvalue weighted by atomic mass is 35.5. The van der Waals surface area contributed by atoms with E-state index in [0.717, 1.165) is 0 Å². The number of methoxy groups -OCH3 is 2. The molecule has 2 aliphatic rings. The van der Waals surface area contributed by atoms with Crippen molar-refractivity contribution in [2.24, 2.45) is 16.3 Å². The van der Waals surface area contributed by atoms with Crippen LogP contribution < -0.4 is 9.47 Å². The van der Waals surface area contributed by atoms with Crippen LogP contribution in [0.2, 0.25) is 5.02 Å². The van der Waals surface area contributed by atoms with Crippen molar-refractivity contribution in [3.63, 3.8) is 0 Å². The summed E-state index contributed by atoms with van der Waals surface area (Å²) in [6, 6.07) is 11.4. The quantitative estimate of drug-likeness (QED) is 0.387. The Bertz CT molecular complexity index is 1290. The van der Waals surface area contributed by atoms with E-state index in [9.17, 15) is 14.4 Å². The molecule has 0 bridgehead atoms. The molecule has 2 atom stereocenters. The summed E-state index contributed by atoms with van der Waals surface area (Å²) in [6.45, 7) is 5.85. The summed E-state index contributed by atoms with van der Waals surface area (Å²) in [4.78, 5) is 43.5. The van der Waals surface area contributed by atoms with Crippen molar-refractivity contribution in [2.45, 2.75) is 39.5 Å². The van der Waals surface area contributed by atoms with Crippen molar-refractivity contribution >= 4 is 35.0 Å². The van der Waals surface area contributed by atoms with Gasteiger partial charge in [0.05, 0.1) is 19.8 Å². The van der Waals surface area contributed by atoms with Crippen LogP contribution in [0.1, 0.15) is 55.5 Å². The summed E-state index contributed by atoms with van der Waals surface area (Å²) < 4.78 is 16.2. The number of benzene rings is 2. The molecule has 0 amide bonds. The van der Waals surface area contributed by atoms with E-state index < -0.39 is 23.8 Å². The van der Waals surface area contributed by atoms with Crippen molar-refractivity contribution < 1.29 is 28.6 Å². The molecule has 0 aromatic heterocycles. The van der Waals surface area contributed by atoms with E-state index in [4.69, 9.17) is 25.8 Å². The Morgan fingerprint density at radius 3 is 2.36 bits per heavy atom. The van der Waals surface area contributed by atoms with Gasteiger partial charge >= 0.3 is 11.9 Å². The number of rotatable bonds is 5. The SMILES string of the molecule is COC(=O)C1C(C)=NC2=C(C(=O)CC(C)(C)C2)[C@@H]1c1ccc(OC(=O)c2ccc(Cl)cc2)c(OC)c1. The van der Waals surface area contributed by atoms with E-state index in [2.05, 4.69) is 4.99 Å². The average Bonchev–Trinajstić information content (AvgIpc) is 2.82. The van der Waals surface area contributed by atoms with Crippen molar-refractivity contribution in [1.82, 2.24) is 0 Å². The second kappa shape index (κ2) is 9.90. The van der Waals surface area contributed by atoms with Gasteiger partial charge in [0.25, 0.3) is 0 Å². The highest BCUT2D eigenvalue weighted by Crippen LogP contribution is 2.48. The second-order valence-electron chi connectivity index (χ2n) is 9.84. The van der Waals surface area contributed by atoms with Gasteiger partial charge in [-0.3, -0.25) is 14.6 Å². The molecule has 4 rings (SSSR count). The maximum atomic E-state index is 13.3. The van der Waals surface area contributed by atoms with Crippen LogP contribution in [0.15, 0.2) is 58.7 Å². The average molecular weight is 510 g/mol. The fourth-order valence-corrected chi connectivity index (χ4v) is 5.07. The molecule has 0 N–H and O–H groups in total. The third kappa shape index (κ3) is 4.93. The number of ketones is 1. The van der Waals surface area contributed by atoms with Crippen LogP contribution in [0.25, 0.3) is 0 Å². The molecule has 1 unspecified atom stereocenters. The molecule has 1 aliphatic heterocycles. The number of ether oxygens (including phenoxy) is 3. The number of Topliss-reactive ketones (excluding diaryl/α,β-unsaturated/α-hetero) is 1. The first-order chi connectivity index (χ1) is 17.0. The number of allylic oxidation sites excluding steroid dienone is 2. The summed E-state index contributed by atoms with van der Waals surface area (Å²) in [5.41, 5.74) is 2.61. The van der Waals surface area contributed by atoms with E-state index in [0.29, 0.717) is 51.7 Å². The molecular formula is C28H28ClNO6. The Morgan fingerprint density at radius 2 is 1.72 bits per heavy atom. The van der Waals surface area contributed by atoms with Gasteiger partial charge in [-0.15, -0.1) is 0 Å². The van der Waals surface area contributed by atoms with Gasteiger partial charge in [-0.25, -0.2) is 4.79 Å². The lowest BCUT2D eigenvalue weighted by molar-refractivity contribution is -0.143. The number of nitrogens with zero attached hydrogens (tertiary/aromatic N) is 1. The first-order valence-electron chi connectivity index (χ1n) is 11.6. The Balaban J connectivity index is 1.76. The third-order valence-electron chi connectivity index (χ3n) is 6.59. The van der Waals surface area contributed by atoms with Crippen LogP contribution in [0, 0.1) is 11.3 Å². The number of hydrogen-bond acceptors (Lipinski definition) is 7. The summed E-state index contributed by atoms with van der Waals surface area (Å²) in [5.74, 6) is -1.92. The molecule has 0 saturated heterocycles. The maximum Gasteiger partial charge on any atom is 0.343 e. The molecule has 8 heteroatoms. The van der Waals surface area contributed by atoms with Crippen molar-refractivity contribution in [3.05, 3.63) is 69.9 Å². The Labute approximate surface area is 215 Å². The zero-order valence-corrected chi connectivity index (χ0v) is 21.6. The topological polar surface area (TPSA) is 91.3 Å². The lowest BCUT2D eigenvalue weighted by Crippen LogP contribution is -2.39. The van der Waals surface area contributed by atoms with E-state index >= 15 is 0 Å². The predicted molar refractivity (Wildman–Crippen MR) is 136 cm³/mol. The number of esters is 2. The molecule has 1 aliphatic carbocycles. The second-order valence-corrected chi connectivity index (χ2v) is 10.3. The molecule has 0 saturated carbocycles. The third-order valence-corrected chi connectivity index (χ3v) is 6.84. The van der Waals surface area contributed by atoms with Gasteiger partial charge in [-0.05, 0) is 60.7 Å². The monoisotopic (exact) mass is 509 g/mol. The van der Waals surface area contributed by atoms with Crippen LogP contribution in [0.3, 0.4) is 0 Å². The van der Waals surface area contributed by atoms with E-state index in [1.54, 1.807) is 49.4 Å². The number of carbonyl (C=O) groups is 3. The highest BCUT2D eigenvalue weighted by molar-refractivity contribution is 6.30. The standard InChI is InChI=1S/C28H28ClNO6/c1-15-23(27(33)35-5)24(25-19(30-15)13-28(2,3)14-20(25)31)17-8-11-21(22(12-17)34-4)36-26(32)16-6-9-18(29)10-7-16/h6-12,23-24H,13-14H2,1-5H3/t23?,24-/m1/s1. The lowest BCUT2D eigenvalue weighted by atomic mass is 9.67. The minimum Gasteiger partial charge on any atom is -0.493 e. The first kappa shape index (κ1) is 25.6. The molecule has 0 radical (unpaired) electrons. The molecule has 0 spiro atoms. The normalized spacial score (nSPS) is 20.8. The van der Waals surface area contributed by atoms with E-state index in [1.165, 1.54) is 14.2 Å². The Hall–Kier alpha value is -3.45. The molecule has 188 valence electrons. The fraction of sp³-hybridized carbons (Fsp3) is 0.357. The van der Waals surface area contributed by atoms with Crippen LogP contribution in [-0.4, -0.2) is 37.7 Å². The Morgan fingerprint density at radius 1 is 1.03 bits per heavy atom. The lowest BCUT2D eigenvalue weighted by Gasteiger charge is -2.38. The van der Waals surface area contributed by atoms with Gasteiger partial charge in [0.15, 0.2) is 17.3 Å². The van der Waals surface area contributed by atoms with Crippen LogP contribution in [-0.2, 0) is 14.3 Å². The zero-order chi connectivity index (χ0) is 26.2. The van der Waals surface area contributed by atoms with E-state index in [1.807, 2.05) is 13.8 Å². The molecule has 2 aromatic carbocycles. The van der Waals surface area contributed by atoms with Crippen LogP contribution in [0.5, 0.6) is 11.5 Å². The van der Waals surface area contributed by atoms with Gasteiger partial charge in [0.1, 0.15) is 5.92 Å². The molecule has 2 aromatic rings. The number of halogens is 1.